The highest BCUT2D eigenvalue weighted by atomic mass is 16.6. The second kappa shape index (κ2) is 11.8. The van der Waals surface area contributed by atoms with Crippen LogP contribution in [0.4, 0.5) is 10.5 Å². The Morgan fingerprint density at radius 3 is 2.30 bits per heavy atom. The monoisotopic (exact) mass is 544 g/mol. The van der Waals surface area contributed by atoms with Crippen molar-refractivity contribution >= 4 is 40.3 Å². The van der Waals surface area contributed by atoms with Crippen LogP contribution < -0.4 is 16.4 Å². The molecule has 0 bridgehead atoms. The van der Waals surface area contributed by atoms with Crippen molar-refractivity contribution in [2.75, 3.05) is 5.32 Å². The Morgan fingerprint density at radius 1 is 0.975 bits per heavy atom. The van der Waals surface area contributed by atoms with E-state index in [1.807, 2.05) is 67.6 Å². The molecule has 0 saturated heterocycles. The summed E-state index contributed by atoms with van der Waals surface area (Å²) in [5.74, 6) is -1.75. The van der Waals surface area contributed by atoms with E-state index in [-0.39, 0.29) is 6.04 Å². The van der Waals surface area contributed by atoms with E-state index in [4.69, 9.17) is 10.5 Å². The van der Waals surface area contributed by atoms with Crippen molar-refractivity contribution in [1.82, 2.24) is 10.2 Å². The zero-order valence-corrected chi connectivity index (χ0v) is 23.3. The molecule has 0 heterocycles. The molecule has 2 atom stereocenters. The van der Waals surface area contributed by atoms with E-state index in [1.54, 1.807) is 26.8 Å². The van der Waals surface area contributed by atoms with E-state index in [1.165, 1.54) is 4.90 Å². The van der Waals surface area contributed by atoms with Gasteiger partial charge in [-0.1, -0.05) is 60.2 Å². The lowest BCUT2D eigenvalue weighted by atomic mass is 9.99. The number of hydrogen-bond donors (Lipinski definition) is 3. The van der Waals surface area contributed by atoms with Gasteiger partial charge >= 0.3 is 6.09 Å². The second-order valence-electron chi connectivity index (χ2n) is 11.2. The number of rotatable bonds is 9. The number of hydrogen-bond acceptors (Lipinski definition) is 5. The van der Waals surface area contributed by atoms with Gasteiger partial charge in [0, 0.05) is 11.7 Å². The molecule has 0 spiro atoms. The van der Waals surface area contributed by atoms with E-state index in [2.05, 4.69) is 10.6 Å². The lowest BCUT2D eigenvalue weighted by Crippen LogP contribution is -2.54. The van der Waals surface area contributed by atoms with Crippen molar-refractivity contribution in [3.8, 4) is 0 Å². The van der Waals surface area contributed by atoms with Gasteiger partial charge in [-0.15, -0.1) is 0 Å². The van der Waals surface area contributed by atoms with Crippen LogP contribution in [-0.4, -0.2) is 46.4 Å². The fraction of sp³-hybridized carbons (Fsp3) is 0.355. The fourth-order valence-corrected chi connectivity index (χ4v) is 4.66. The first-order valence-corrected chi connectivity index (χ1v) is 13.4. The van der Waals surface area contributed by atoms with E-state index < -0.39 is 47.9 Å². The molecular weight excluding hydrogens is 508 g/mol. The zero-order chi connectivity index (χ0) is 29.0. The highest BCUT2D eigenvalue weighted by Gasteiger charge is 2.44. The summed E-state index contributed by atoms with van der Waals surface area (Å²) in [5, 5.41) is 7.49. The number of carbonyl (C=O) groups is 4. The minimum atomic E-state index is -1.30. The lowest BCUT2D eigenvalue weighted by molar-refractivity contribution is -0.142. The predicted molar refractivity (Wildman–Crippen MR) is 153 cm³/mol. The van der Waals surface area contributed by atoms with Gasteiger partial charge in [-0.05, 0) is 69.0 Å². The molecule has 0 aliphatic heterocycles. The molecule has 3 aromatic carbocycles. The molecule has 4 rings (SSSR count). The number of fused-ring (bicyclic) bond motifs is 1. The van der Waals surface area contributed by atoms with Gasteiger partial charge < -0.3 is 26.0 Å². The number of benzene rings is 3. The van der Waals surface area contributed by atoms with Crippen LogP contribution in [0, 0.1) is 6.92 Å². The summed E-state index contributed by atoms with van der Waals surface area (Å²) in [5.41, 5.74) is 6.77. The summed E-state index contributed by atoms with van der Waals surface area (Å²) < 4.78 is 5.33. The molecule has 1 aliphatic rings. The second-order valence-corrected chi connectivity index (χ2v) is 11.2. The minimum absolute atomic E-state index is 0.240. The van der Waals surface area contributed by atoms with E-state index in [9.17, 15) is 19.2 Å². The van der Waals surface area contributed by atoms with Crippen molar-refractivity contribution in [2.24, 2.45) is 5.73 Å². The van der Waals surface area contributed by atoms with Gasteiger partial charge in [0.15, 0.2) is 0 Å². The maximum absolute atomic E-state index is 14.1. The Labute approximate surface area is 234 Å². The normalized spacial score (nSPS) is 14.6. The summed E-state index contributed by atoms with van der Waals surface area (Å²) in [6, 6.07) is 18.3. The number of nitrogens with two attached hydrogens (primary N) is 1. The van der Waals surface area contributed by atoms with Crippen LogP contribution in [0.5, 0.6) is 0 Å². The van der Waals surface area contributed by atoms with Crippen molar-refractivity contribution < 1.29 is 23.9 Å². The minimum Gasteiger partial charge on any atom is -0.444 e. The first-order valence-electron chi connectivity index (χ1n) is 13.4. The SMILES string of the molecule is Cc1cccc(C(C(=O)Nc2ccc3ccccc3c2)N(C(=O)C(CC(N)=O)NC(=O)OC(C)(C)C)C2CC2)c1. The first-order chi connectivity index (χ1) is 18.9. The number of carbonyl (C=O) groups excluding carboxylic acids is 4. The number of nitrogens with zero attached hydrogens (tertiary/aromatic N) is 1. The molecule has 1 fully saturated rings. The smallest absolute Gasteiger partial charge is 0.408 e. The Kier molecular flexibility index (Phi) is 8.42. The van der Waals surface area contributed by atoms with Crippen LogP contribution in [-0.2, 0) is 19.1 Å². The summed E-state index contributed by atoms with van der Waals surface area (Å²) in [6.45, 7) is 6.99. The molecule has 0 radical (unpaired) electrons. The van der Waals surface area contributed by atoms with Gasteiger partial charge in [-0.3, -0.25) is 14.4 Å². The number of primary amides is 1. The number of anilines is 1. The van der Waals surface area contributed by atoms with Crippen molar-refractivity contribution in [3.63, 3.8) is 0 Å². The Balaban J connectivity index is 1.69. The number of amides is 4. The molecule has 40 heavy (non-hydrogen) atoms. The largest absolute Gasteiger partial charge is 0.444 e. The summed E-state index contributed by atoms with van der Waals surface area (Å²) in [7, 11) is 0. The molecule has 9 heteroatoms. The molecular formula is C31H36N4O5. The third-order valence-corrected chi connectivity index (χ3v) is 6.49. The fourth-order valence-electron chi connectivity index (χ4n) is 4.66. The van der Waals surface area contributed by atoms with Crippen LogP contribution in [0.1, 0.15) is 57.2 Å². The van der Waals surface area contributed by atoms with Crippen molar-refractivity contribution in [3.05, 3.63) is 77.9 Å². The van der Waals surface area contributed by atoms with Gasteiger partial charge in [-0.25, -0.2) is 4.79 Å². The average molecular weight is 545 g/mol. The number of nitrogens with one attached hydrogen (secondary N) is 2. The van der Waals surface area contributed by atoms with E-state index in [0.29, 0.717) is 24.1 Å². The van der Waals surface area contributed by atoms with Gasteiger partial charge in [-0.2, -0.15) is 0 Å². The average Bonchev–Trinajstić information content (AvgIpc) is 3.70. The highest BCUT2D eigenvalue weighted by Crippen LogP contribution is 2.36. The van der Waals surface area contributed by atoms with Gasteiger partial charge in [0.25, 0.3) is 5.91 Å². The van der Waals surface area contributed by atoms with E-state index >= 15 is 0 Å². The van der Waals surface area contributed by atoms with Crippen molar-refractivity contribution in [2.45, 2.75) is 70.7 Å². The summed E-state index contributed by atoms with van der Waals surface area (Å²) in [4.78, 5) is 54.1. The molecule has 1 aliphatic carbocycles. The number of ether oxygens (including phenoxy) is 1. The Bertz CT molecular complexity index is 1430. The molecule has 4 amide bonds. The Morgan fingerprint density at radius 2 is 1.68 bits per heavy atom. The van der Waals surface area contributed by atoms with Crippen LogP contribution in [0.25, 0.3) is 10.8 Å². The quantitative estimate of drug-likeness (QED) is 0.363. The predicted octanol–water partition coefficient (Wildman–Crippen LogP) is 4.59. The Hall–Kier alpha value is -4.40. The molecule has 3 aromatic rings. The summed E-state index contributed by atoms with van der Waals surface area (Å²) >= 11 is 0. The maximum atomic E-state index is 14.1. The molecule has 1 saturated carbocycles. The molecule has 9 nitrogen and oxygen atoms in total. The maximum Gasteiger partial charge on any atom is 0.408 e. The lowest BCUT2D eigenvalue weighted by Gasteiger charge is -2.34. The molecule has 0 aromatic heterocycles. The number of alkyl carbamates (subject to hydrolysis) is 1. The zero-order valence-electron chi connectivity index (χ0n) is 23.3. The van der Waals surface area contributed by atoms with Crippen molar-refractivity contribution in [1.29, 1.82) is 0 Å². The van der Waals surface area contributed by atoms with Gasteiger partial charge in [0.1, 0.15) is 17.7 Å². The van der Waals surface area contributed by atoms with Crippen LogP contribution in [0.3, 0.4) is 0 Å². The molecule has 210 valence electrons. The topological polar surface area (TPSA) is 131 Å². The van der Waals surface area contributed by atoms with Crippen LogP contribution in [0.15, 0.2) is 66.7 Å². The molecule has 2 unspecified atom stereocenters. The van der Waals surface area contributed by atoms with Gasteiger partial charge in [0.2, 0.25) is 11.8 Å². The number of aryl methyl sites for hydroxylation is 1. The first kappa shape index (κ1) is 28.6. The highest BCUT2D eigenvalue weighted by molar-refractivity contribution is 6.01. The third kappa shape index (κ3) is 7.37. The van der Waals surface area contributed by atoms with Crippen LogP contribution >= 0.6 is 0 Å². The van der Waals surface area contributed by atoms with Crippen LogP contribution in [0.2, 0.25) is 0 Å². The summed E-state index contributed by atoms with van der Waals surface area (Å²) in [6.07, 6.45) is 0.0874. The van der Waals surface area contributed by atoms with Gasteiger partial charge in [0.05, 0.1) is 6.42 Å². The standard InChI is InChI=1S/C31H36N4O5/c1-19-8-7-11-22(16-19)27(28(37)33-23-13-12-20-9-5-6-10-21(20)17-23)35(24-14-15-24)29(38)25(18-26(32)36)34-30(39)40-31(2,3)4/h5-13,16-17,24-25,27H,14-15,18H2,1-4H3,(H2,32,36)(H,33,37)(H,34,39). The third-order valence-electron chi connectivity index (χ3n) is 6.49. The molecule has 4 N–H and O–H groups in total. The van der Waals surface area contributed by atoms with E-state index in [0.717, 1.165) is 16.3 Å².